The number of aliphatic carboxylic acids is 1. The smallest absolute Gasteiger partial charge is 0.308 e. The van der Waals surface area contributed by atoms with Crippen LogP contribution in [0, 0.1) is 26.7 Å². The number of carbonyl (C=O) groups excluding carboxylic acids is 1. The van der Waals surface area contributed by atoms with Gasteiger partial charge in [0.05, 0.1) is 5.92 Å². The maximum absolute atomic E-state index is 11.9. The van der Waals surface area contributed by atoms with Gasteiger partial charge in [-0.25, -0.2) is 0 Å². The quantitative estimate of drug-likeness (QED) is 0.887. The van der Waals surface area contributed by atoms with E-state index in [4.69, 9.17) is 9.84 Å². The molecule has 1 N–H and O–H groups in total. The number of aryl methyl sites for hydroxylation is 2. The summed E-state index contributed by atoms with van der Waals surface area (Å²) in [5.74, 6) is -0.0399. The van der Waals surface area contributed by atoms with Crippen LogP contribution < -0.4 is 4.74 Å². The van der Waals surface area contributed by atoms with Crippen LogP contribution in [0.1, 0.15) is 28.7 Å². The Bertz CT molecular complexity index is 842. The fourth-order valence-corrected chi connectivity index (χ4v) is 3.21. The zero-order chi connectivity index (χ0) is 18.8. The van der Waals surface area contributed by atoms with Crippen LogP contribution in [-0.4, -0.2) is 28.4 Å². The number of benzene rings is 2. The molecule has 5 heteroatoms. The fourth-order valence-electron chi connectivity index (χ4n) is 3.21. The Hall–Kier alpha value is -2.82. The lowest BCUT2D eigenvalue weighted by Gasteiger charge is -2.16. The van der Waals surface area contributed by atoms with Crippen LogP contribution in [0.15, 0.2) is 36.4 Å². The third-order valence-electron chi connectivity index (χ3n) is 4.85. The summed E-state index contributed by atoms with van der Waals surface area (Å²) in [4.78, 5) is 24.6. The number of amides is 1. The molecule has 0 bridgehead atoms. The first-order chi connectivity index (χ1) is 12.3. The number of rotatable bonds is 5. The topological polar surface area (TPSA) is 66.8 Å². The van der Waals surface area contributed by atoms with Crippen LogP contribution in [0.25, 0.3) is 0 Å². The van der Waals surface area contributed by atoms with Gasteiger partial charge in [0.15, 0.2) is 0 Å². The van der Waals surface area contributed by atoms with Crippen molar-refractivity contribution in [3.63, 3.8) is 0 Å². The van der Waals surface area contributed by atoms with Gasteiger partial charge < -0.3 is 14.7 Å². The largest absolute Gasteiger partial charge is 0.481 e. The highest BCUT2D eigenvalue weighted by Crippen LogP contribution is 2.29. The summed E-state index contributed by atoms with van der Waals surface area (Å²) in [5.41, 5.74) is 4.41. The van der Waals surface area contributed by atoms with E-state index in [0.29, 0.717) is 6.54 Å². The fraction of sp³-hybridized carbons (Fsp3) is 0.333. The number of hydrogen-bond donors (Lipinski definition) is 1. The lowest BCUT2D eigenvalue weighted by Crippen LogP contribution is -2.25. The standard InChI is InChI=1S/C21H23NO4/c1-13-8-14(2)15(3)19(9-13)26-18-6-4-16(5-7-18)11-22-12-17(21(24)25)10-20(22)23/h4-9,17H,10-12H2,1-3H3,(H,24,25). The van der Waals surface area contributed by atoms with Gasteiger partial charge in [0, 0.05) is 19.5 Å². The summed E-state index contributed by atoms with van der Waals surface area (Å²) in [6.07, 6.45) is 0.0858. The van der Waals surface area contributed by atoms with Crippen molar-refractivity contribution in [2.24, 2.45) is 5.92 Å². The highest BCUT2D eigenvalue weighted by molar-refractivity contribution is 5.86. The number of hydrogen-bond acceptors (Lipinski definition) is 3. The summed E-state index contributed by atoms with van der Waals surface area (Å²) in [6, 6.07) is 11.7. The molecule has 3 rings (SSSR count). The number of carbonyl (C=O) groups is 2. The third-order valence-corrected chi connectivity index (χ3v) is 4.85. The van der Waals surface area contributed by atoms with Crippen LogP contribution in [0.4, 0.5) is 0 Å². The molecule has 0 spiro atoms. The Kier molecular flexibility index (Phi) is 4.98. The zero-order valence-electron chi connectivity index (χ0n) is 15.3. The van der Waals surface area contributed by atoms with Gasteiger partial charge in [-0.1, -0.05) is 18.2 Å². The van der Waals surface area contributed by atoms with E-state index < -0.39 is 11.9 Å². The average Bonchev–Trinajstić information content (AvgIpc) is 2.95. The van der Waals surface area contributed by atoms with Gasteiger partial charge in [0.1, 0.15) is 11.5 Å². The van der Waals surface area contributed by atoms with Crippen molar-refractivity contribution in [2.45, 2.75) is 33.7 Å². The number of likely N-dealkylation sites (tertiary alicyclic amines) is 1. The molecule has 0 aliphatic carbocycles. The van der Waals surface area contributed by atoms with Gasteiger partial charge in [-0.3, -0.25) is 9.59 Å². The molecule has 1 atom stereocenters. The first-order valence-electron chi connectivity index (χ1n) is 8.68. The summed E-state index contributed by atoms with van der Waals surface area (Å²) < 4.78 is 6.01. The van der Waals surface area contributed by atoms with Crippen LogP contribution >= 0.6 is 0 Å². The minimum Gasteiger partial charge on any atom is -0.481 e. The molecule has 1 saturated heterocycles. The summed E-state index contributed by atoms with van der Waals surface area (Å²) in [7, 11) is 0. The van der Waals surface area contributed by atoms with Gasteiger partial charge in [-0.05, 0) is 61.2 Å². The van der Waals surface area contributed by atoms with Crippen molar-refractivity contribution in [3.8, 4) is 11.5 Å². The first kappa shape index (κ1) is 18.0. The lowest BCUT2D eigenvalue weighted by atomic mass is 10.1. The Morgan fingerprint density at radius 3 is 2.50 bits per heavy atom. The summed E-state index contributed by atoms with van der Waals surface area (Å²) in [6.45, 7) is 6.84. The SMILES string of the molecule is Cc1cc(C)c(C)c(Oc2ccc(CN3CC(C(=O)O)CC3=O)cc2)c1. The summed E-state index contributed by atoms with van der Waals surface area (Å²) >= 11 is 0. The van der Waals surface area contributed by atoms with E-state index in [-0.39, 0.29) is 18.9 Å². The lowest BCUT2D eigenvalue weighted by molar-refractivity contribution is -0.141. The van der Waals surface area contributed by atoms with Crippen LogP contribution in [0.3, 0.4) is 0 Å². The molecule has 0 radical (unpaired) electrons. The van der Waals surface area contributed by atoms with Crippen LogP contribution in [-0.2, 0) is 16.1 Å². The molecule has 1 aliphatic rings. The molecule has 1 fully saturated rings. The monoisotopic (exact) mass is 353 g/mol. The van der Waals surface area contributed by atoms with Crippen LogP contribution in [0.5, 0.6) is 11.5 Å². The van der Waals surface area contributed by atoms with E-state index in [1.54, 1.807) is 4.90 Å². The number of nitrogens with zero attached hydrogens (tertiary/aromatic N) is 1. The number of carboxylic acid groups (broad SMARTS) is 1. The number of ether oxygens (including phenoxy) is 1. The zero-order valence-corrected chi connectivity index (χ0v) is 15.3. The van der Waals surface area contributed by atoms with Crippen molar-refractivity contribution in [1.29, 1.82) is 0 Å². The van der Waals surface area contributed by atoms with E-state index in [0.717, 1.165) is 28.2 Å². The Labute approximate surface area is 153 Å². The first-order valence-corrected chi connectivity index (χ1v) is 8.68. The van der Waals surface area contributed by atoms with Gasteiger partial charge in [0.2, 0.25) is 5.91 Å². The van der Waals surface area contributed by atoms with E-state index in [9.17, 15) is 9.59 Å². The molecular formula is C21H23NO4. The van der Waals surface area contributed by atoms with Crippen molar-refractivity contribution < 1.29 is 19.4 Å². The molecule has 5 nitrogen and oxygen atoms in total. The normalized spacial score (nSPS) is 16.8. The molecule has 136 valence electrons. The van der Waals surface area contributed by atoms with Crippen molar-refractivity contribution in [1.82, 2.24) is 4.90 Å². The van der Waals surface area contributed by atoms with E-state index in [1.165, 1.54) is 5.56 Å². The Morgan fingerprint density at radius 1 is 1.19 bits per heavy atom. The van der Waals surface area contributed by atoms with Gasteiger partial charge in [0.25, 0.3) is 0 Å². The number of carboxylic acids is 1. The molecule has 2 aromatic carbocycles. The second-order valence-corrected chi connectivity index (χ2v) is 6.96. The van der Waals surface area contributed by atoms with E-state index >= 15 is 0 Å². The van der Waals surface area contributed by atoms with Gasteiger partial charge in [-0.2, -0.15) is 0 Å². The molecule has 0 saturated carbocycles. The molecule has 1 aliphatic heterocycles. The molecule has 2 aromatic rings. The van der Waals surface area contributed by atoms with Gasteiger partial charge in [-0.15, -0.1) is 0 Å². The molecule has 0 aromatic heterocycles. The van der Waals surface area contributed by atoms with Crippen LogP contribution in [0.2, 0.25) is 0 Å². The third kappa shape index (κ3) is 3.87. The predicted molar refractivity (Wildman–Crippen MR) is 98.3 cm³/mol. The molecule has 26 heavy (non-hydrogen) atoms. The molecule has 1 heterocycles. The maximum atomic E-state index is 11.9. The molecule has 1 amide bonds. The van der Waals surface area contributed by atoms with Crippen molar-refractivity contribution in [3.05, 3.63) is 58.7 Å². The van der Waals surface area contributed by atoms with E-state index in [1.807, 2.05) is 44.2 Å². The van der Waals surface area contributed by atoms with E-state index in [2.05, 4.69) is 13.0 Å². The minimum atomic E-state index is -0.909. The Morgan fingerprint density at radius 2 is 1.88 bits per heavy atom. The highest BCUT2D eigenvalue weighted by Gasteiger charge is 2.33. The van der Waals surface area contributed by atoms with Crippen molar-refractivity contribution >= 4 is 11.9 Å². The highest BCUT2D eigenvalue weighted by atomic mass is 16.5. The average molecular weight is 353 g/mol. The van der Waals surface area contributed by atoms with Crippen molar-refractivity contribution in [2.75, 3.05) is 6.54 Å². The molecular weight excluding hydrogens is 330 g/mol. The Balaban J connectivity index is 1.68. The second-order valence-electron chi connectivity index (χ2n) is 6.96. The van der Waals surface area contributed by atoms with Gasteiger partial charge >= 0.3 is 5.97 Å². The second kappa shape index (κ2) is 7.20. The predicted octanol–water partition coefficient (Wildman–Crippen LogP) is 3.84. The minimum absolute atomic E-state index is 0.0858. The maximum Gasteiger partial charge on any atom is 0.308 e. The molecule has 1 unspecified atom stereocenters. The summed E-state index contributed by atoms with van der Waals surface area (Å²) in [5, 5.41) is 9.06.